The number of nitrogens with zero attached hydrogens (tertiary/aromatic N) is 4. The molecule has 1 aliphatic rings. The number of aromatic amines is 1. The Balaban J connectivity index is 1.78. The van der Waals surface area contributed by atoms with Crippen LogP contribution < -0.4 is 0 Å². The molecular formula is C13H17N5O2S. The minimum Gasteiger partial charge on any atom is -0.285 e. The topological polar surface area (TPSA) is 91.8 Å². The van der Waals surface area contributed by atoms with E-state index in [1.54, 1.807) is 24.8 Å². The number of sulfonamides is 1. The summed E-state index contributed by atoms with van der Waals surface area (Å²) in [5.41, 5.74) is 2.48. The van der Waals surface area contributed by atoms with E-state index in [1.165, 1.54) is 10.6 Å². The van der Waals surface area contributed by atoms with Gasteiger partial charge in [0, 0.05) is 37.0 Å². The molecule has 0 aromatic carbocycles. The molecule has 2 aromatic rings. The molecule has 1 aliphatic heterocycles. The third kappa shape index (κ3) is 3.11. The lowest BCUT2D eigenvalue weighted by atomic mass is 9.96. The first kappa shape index (κ1) is 14.2. The van der Waals surface area contributed by atoms with Gasteiger partial charge in [-0.3, -0.25) is 15.1 Å². The average Bonchev–Trinajstić information content (AvgIpc) is 3.01. The highest BCUT2D eigenvalue weighted by atomic mass is 32.2. The predicted octanol–water partition coefficient (Wildman–Crippen LogP) is 1.01. The van der Waals surface area contributed by atoms with Crippen molar-refractivity contribution >= 4 is 10.0 Å². The summed E-state index contributed by atoms with van der Waals surface area (Å²) < 4.78 is 24.8. The first-order valence-electron chi connectivity index (χ1n) is 6.80. The number of aromatic nitrogens is 4. The SMILES string of the molecule is CS(=O)(=O)N1CCC[C@H](c2cnc(-c3cn[nH]c3)cn2)C1. The Hall–Kier alpha value is -1.80. The zero-order chi connectivity index (χ0) is 14.9. The predicted molar refractivity (Wildman–Crippen MR) is 78.0 cm³/mol. The molecule has 1 fully saturated rings. The maximum atomic E-state index is 11.7. The van der Waals surface area contributed by atoms with E-state index in [0.717, 1.165) is 29.8 Å². The lowest BCUT2D eigenvalue weighted by molar-refractivity contribution is 0.314. The van der Waals surface area contributed by atoms with Crippen LogP contribution in [0.2, 0.25) is 0 Å². The number of piperidine rings is 1. The molecule has 8 heteroatoms. The van der Waals surface area contributed by atoms with Gasteiger partial charge < -0.3 is 0 Å². The van der Waals surface area contributed by atoms with Gasteiger partial charge in [0.05, 0.1) is 30.0 Å². The van der Waals surface area contributed by atoms with Gasteiger partial charge in [0.15, 0.2) is 0 Å². The van der Waals surface area contributed by atoms with Crippen LogP contribution in [0.25, 0.3) is 11.3 Å². The molecule has 0 spiro atoms. The Kier molecular flexibility index (Phi) is 3.73. The molecule has 0 saturated carbocycles. The van der Waals surface area contributed by atoms with Crippen molar-refractivity contribution in [1.82, 2.24) is 24.5 Å². The Bertz CT molecular complexity index is 697. The highest BCUT2D eigenvalue weighted by Gasteiger charge is 2.27. The van der Waals surface area contributed by atoms with Crippen molar-refractivity contribution in [2.45, 2.75) is 18.8 Å². The molecule has 3 rings (SSSR count). The Morgan fingerprint density at radius 1 is 1.29 bits per heavy atom. The van der Waals surface area contributed by atoms with Gasteiger partial charge in [0.25, 0.3) is 0 Å². The fourth-order valence-corrected chi connectivity index (χ4v) is 3.49. The van der Waals surface area contributed by atoms with Crippen LogP contribution in [0.3, 0.4) is 0 Å². The van der Waals surface area contributed by atoms with E-state index >= 15 is 0 Å². The van der Waals surface area contributed by atoms with Crippen LogP contribution >= 0.6 is 0 Å². The molecule has 0 bridgehead atoms. The molecule has 3 heterocycles. The van der Waals surface area contributed by atoms with Crippen molar-refractivity contribution in [1.29, 1.82) is 0 Å². The normalized spacial score (nSPS) is 20.5. The van der Waals surface area contributed by atoms with Gasteiger partial charge in [-0.15, -0.1) is 0 Å². The molecule has 1 N–H and O–H groups in total. The lowest BCUT2D eigenvalue weighted by Crippen LogP contribution is -2.38. The van der Waals surface area contributed by atoms with Gasteiger partial charge in [-0.05, 0) is 12.8 Å². The average molecular weight is 307 g/mol. The van der Waals surface area contributed by atoms with Crippen LogP contribution in [0.4, 0.5) is 0 Å². The standard InChI is InChI=1S/C13H17N5O2S/c1-21(19,20)18-4-2-3-10(9-18)12-7-15-13(8-14-12)11-5-16-17-6-11/h5-8,10H,2-4,9H2,1H3,(H,16,17)/t10-/m0/s1. The molecular weight excluding hydrogens is 290 g/mol. The molecule has 1 atom stereocenters. The highest BCUT2D eigenvalue weighted by molar-refractivity contribution is 7.88. The summed E-state index contributed by atoms with van der Waals surface area (Å²) in [6.45, 7) is 1.08. The summed E-state index contributed by atoms with van der Waals surface area (Å²) in [4.78, 5) is 8.84. The molecule has 2 aromatic heterocycles. The van der Waals surface area contributed by atoms with Crippen LogP contribution in [0.5, 0.6) is 0 Å². The minimum atomic E-state index is -3.14. The smallest absolute Gasteiger partial charge is 0.211 e. The zero-order valence-electron chi connectivity index (χ0n) is 11.7. The van der Waals surface area contributed by atoms with Crippen LogP contribution in [-0.2, 0) is 10.0 Å². The van der Waals surface area contributed by atoms with E-state index in [9.17, 15) is 8.42 Å². The van der Waals surface area contributed by atoms with Crippen molar-refractivity contribution < 1.29 is 8.42 Å². The maximum absolute atomic E-state index is 11.7. The summed E-state index contributed by atoms with van der Waals surface area (Å²) >= 11 is 0. The Morgan fingerprint density at radius 3 is 2.76 bits per heavy atom. The Labute approximate surface area is 123 Å². The van der Waals surface area contributed by atoms with E-state index in [2.05, 4.69) is 20.2 Å². The van der Waals surface area contributed by atoms with Crippen molar-refractivity contribution in [2.24, 2.45) is 0 Å². The van der Waals surface area contributed by atoms with Gasteiger partial charge >= 0.3 is 0 Å². The molecule has 0 unspecified atom stereocenters. The molecule has 0 radical (unpaired) electrons. The molecule has 0 amide bonds. The molecule has 7 nitrogen and oxygen atoms in total. The van der Waals surface area contributed by atoms with Gasteiger partial charge in [-0.1, -0.05) is 0 Å². The monoisotopic (exact) mass is 307 g/mol. The fraction of sp³-hybridized carbons (Fsp3) is 0.462. The second-order valence-corrected chi connectivity index (χ2v) is 7.26. The van der Waals surface area contributed by atoms with E-state index in [1.807, 2.05) is 0 Å². The van der Waals surface area contributed by atoms with E-state index < -0.39 is 10.0 Å². The number of hydrogen-bond donors (Lipinski definition) is 1. The van der Waals surface area contributed by atoms with Gasteiger partial charge in [0.1, 0.15) is 0 Å². The third-order valence-electron chi connectivity index (χ3n) is 3.74. The third-order valence-corrected chi connectivity index (χ3v) is 5.01. The Morgan fingerprint density at radius 2 is 2.14 bits per heavy atom. The summed E-state index contributed by atoms with van der Waals surface area (Å²) in [7, 11) is -3.14. The van der Waals surface area contributed by atoms with E-state index in [0.29, 0.717) is 13.1 Å². The van der Waals surface area contributed by atoms with Crippen molar-refractivity contribution in [3.8, 4) is 11.3 Å². The van der Waals surface area contributed by atoms with Crippen molar-refractivity contribution in [2.75, 3.05) is 19.3 Å². The zero-order valence-corrected chi connectivity index (χ0v) is 12.5. The van der Waals surface area contributed by atoms with Gasteiger partial charge in [-0.25, -0.2) is 12.7 Å². The number of rotatable bonds is 3. The van der Waals surface area contributed by atoms with Crippen LogP contribution in [0, 0.1) is 0 Å². The van der Waals surface area contributed by atoms with E-state index in [-0.39, 0.29) is 5.92 Å². The first-order valence-corrected chi connectivity index (χ1v) is 8.65. The maximum Gasteiger partial charge on any atom is 0.211 e. The van der Waals surface area contributed by atoms with Crippen LogP contribution in [0.15, 0.2) is 24.8 Å². The molecule has 1 saturated heterocycles. The first-order chi connectivity index (χ1) is 10.0. The van der Waals surface area contributed by atoms with Crippen LogP contribution in [-0.4, -0.2) is 52.2 Å². The number of nitrogens with one attached hydrogen (secondary N) is 1. The quantitative estimate of drug-likeness (QED) is 0.913. The lowest BCUT2D eigenvalue weighted by Gasteiger charge is -2.30. The summed E-state index contributed by atoms with van der Waals surface area (Å²) in [6.07, 6.45) is 9.93. The van der Waals surface area contributed by atoms with Gasteiger partial charge in [-0.2, -0.15) is 5.10 Å². The fourth-order valence-electron chi connectivity index (χ4n) is 2.57. The van der Waals surface area contributed by atoms with E-state index in [4.69, 9.17) is 0 Å². The highest BCUT2D eigenvalue weighted by Crippen LogP contribution is 2.27. The summed E-state index contributed by atoms with van der Waals surface area (Å²) in [5.74, 6) is 0.111. The summed E-state index contributed by atoms with van der Waals surface area (Å²) in [5, 5.41) is 6.62. The van der Waals surface area contributed by atoms with Gasteiger partial charge in [0.2, 0.25) is 10.0 Å². The number of H-pyrrole nitrogens is 1. The minimum absolute atomic E-state index is 0.111. The molecule has 112 valence electrons. The van der Waals surface area contributed by atoms with Crippen LogP contribution in [0.1, 0.15) is 24.5 Å². The molecule has 0 aliphatic carbocycles. The molecule has 21 heavy (non-hydrogen) atoms. The summed E-state index contributed by atoms with van der Waals surface area (Å²) in [6, 6.07) is 0. The second-order valence-electron chi connectivity index (χ2n) is 5.27. The second kappa shape index (κ2) is 5.53. The largest absolute Gasteiger partial charge is 0.285 e. The van der Waals surface area contributed by atoms with Crippen molar-refractivity contribution in [3.05, 3.63) is 30.5 Å². The van der Waals surface area contributed by atoms with Crippen molar-refractivity contribution in [3.63, 3.8) is 0 Å². The number of hydrogen-bond acceptors (Lipinski definition) is 5.